The molecule has 0 aliphatic carbocycles. The molecule has 0 spiro atoms. The molecule has 1 fully saturated rings. The number of likely N-dealkylation sites (tertiary alicyclic amines) is 1. The molecule has 0 saturated carbocycles. The highest BCUT2D eigenvalue weighted by Gasteiger charge is 2.24. The van der Waals surface area contributed by atoms with Gasteiger partial charge in [-0.3, -0.25) is 0 Å². The zero-order valence-corrected chi connectivity index (χ0v) is 15.1. The third kappa shape index (κ3) is 4.84. The molecular weight excluding hydrogens is 332 g/mol. The molecule has 0 unspecified atom stereocenters. The van der Waals surface area contributed by atoms with Gasteiger partial charge in [0.25, 0.3) is 0 Å². The molecule has 1 aromatic carbocycles. The second-order valence-corrected chi connectivity index (χ2v) is 6.25. The van der Waals surface area contributed by atoms with E-state index in [1.165, 1.54) is 0 Å². The monoisotopic (exact) mass is 356 g/mol. The van der Waals surface area contributed by atoms with Crippen molar-refractivity contribution in [3.8, 4) is 11.6 Å². The third-order valence-electron chi connectivity index (χ3n) is 4.37. The molecule has 0 bridgehead atoms. The second-order valence-electron chi connectivity index (χ2n) is 6.25. The summed E-state index contributed by atoms with van der Waals surface area (Å²) in [6.45, 7) is 3.68. The molecule has 1 N–H and O–H groups in total. The standard InChI is InChI=1S/C19H24N4O3/c1-14-20-10-7-18(22-14)26-17-8-11-23(12-9-17)19(24)21-13-15-3-5-16(25-2)6-4-15/h3-7,10,17H,8-9,11-13H2,1-2H3,(H,21,24). The summed E-state index contributed by atoms with van der Waals surface area (Å²) < 4.78 is 11.0. The Labute approximate surface area is 153 Å². The molecule has 0 radical (unpaired) electrons. The van der Waals surface area contributed by atoms with E-state index in [9.17, 15) is 4.79 Å². The Morgan fingerprint density at radius 2 is 1.96 bits per heavy atom. The maximum atomic E-state index is 12.3. The molecule has 1 aliphatic heterocycles. The molecule has 7 heteroatoms. The average molecular weight is 356 g/mol. The number of hydrogen-bond acceptors (Lipinski definition) is 5. The first-order chi connectivity index (χ1) is 12.6. The summed E-state index contributed by atoms with van der Waals surface area (Å²) in [4.78, 5) is 22.5. The van der Waals surface area contributed by atoms with Crippen molar-refractivity contribution < 1.29 is 14.3 Å². The maximum Gasteiger partial charge on any atom is 0.317 e. The van der Waals surface area contributed by atoms with Gasteiger partial charge in [0, 0.05) is 44.7 Å². The van der Waals surface area contributed by atoms with E-state index in [-0.39, 0.29) is 12.1 Å². The van der Waals surface area contributed by atoms with Gasteiger partial charge in [-0.2, -0.15) is 4.98 Å². The zero-order chi connectivity index (χ0) is 18.4. The molecule has 2 amide bonds. The van der Waals surface area contributed by atoms with Crippen LogP contribution in [-0.4, -0.2) is 47.2 Å². The number of amides is 2. The van der Waals surface area contributed by atoms with Crippen LogP contribution in [-0.2, 0) is 6.54 Å². The number of urea groups is 1. The lowest BCUT2D eigenvalue weighted by molar-refractivity contribution is 0.107. The van der Waals surface area contributed by atoms with Gasteiger partial charge in [-0.05, 0) is 24.6 Å². The van der Waals surface area contributed by atoms with Crippen molar-refractivity contribution in [1.29, 1.82) is 0 Å². The number of carbonyl (C=O) groups is 1. The van der Waals surface area contributed by atoms with Gasteiger partial charge >= 0.3 is 6.03 Å². The van der Waals surface area contributed by atoms with Crippen LogP contribution in [0, 0.1) is 6.92 Å². The van der Waals surface area contributed by atoms with Gasteiger partial charge < -0.3 is 19.7 Å². The number of benzene rings is 1. The summed E-state index contributed by atoms with van der Waals surface area (Å²) in [6.07, 6.45) is 3.35. The topological polar surface area (TPSA) is 76.6 Å². The Morgan fingerprint density at radius 3 is 2.62 bits per heavy atom. The molecule has 2 heterocycles. The highest BCUT2D eigenvalue weighted by molar-refractivity contribution is 5.74. The number of methoxy groups -OCH3 is 1. The van der Waals surface area contributed by atoms with Crippen LogP contribution in [0.2, 0.25) is 0 Å². The van der Waals surface area contributed by atoms with E-state index >= 15 is 0 Å². The highest BCUT2D eigenvalue weighted by Crippen LogP contribution is 2.17. The van der Waals surface area contributed by atoms with Crippen LogP contribution in [0.5, 0.6) is 11.6 Å². The molecule has 1 aliphatic rings. The van der Waals surface area contributed by atoms with Crippen LogP contribution in [0.1, 0.15) is 24.2 Å². The van der Waals surface area contributed by atoms with Crippen LogP contribution in [0.4, 0.5) is 4.79 Å². The number of hydrogen-bond donors (Lipinski definition) is 1. The number of piperidine rings is 1. The molecule has 1 aromatic heterocycles. The van der Waals surface area contributed by atoms with E-state index in [1.807, 2.05) is 36.1 Å². The zero-order valence-electron chi connectivity index (χ0n) is 15.1. The van der Waals surface area contributed by atoms with Gasteiger partial charge in [0.15, 0.2) is 0 Å². The van der Waals surface area contributed by atoms with Gasteiger partial charge in [-0.15, -0.1) is 0 Å². The van der Waals surface area contributed by atoms with Gasteiger partial charge in [-0.25, -0.2) is 9.78 Å². The summed E-state index contributed by atoms with van der Waals surface area (Å²) >= 11 is 0. The van der Waals surface area contributed by atoms with Gasteiger partial charge in [0.05, 0.1) is 7.11 Å². The number of nitrogens with zero attached hydrogens (tertiary/aromatic N) is 3. The smallest absolute Gasteiger partial charge is 0.317 e. The van der Waals surface area contributed by atoms with E-state index in [0.29, 0.717) is 31.3 Å². The lowest BCUT2D eigenvalue weighted by Crippen LogP contribution is -2.46. The van der Waals surface area contributed by atoms with E-state index in [1.54, 1.807) is 19.4 Å². The predicted octanol–water partition coefficient (Wildman–Crippen LogP) is 2.55. The lowest BCUT2D eigenvalue weighted by atomic mass is 10.1. The number of rotatable bonds is 5. The highest BCUT2D eigenvalue weighted by atomic mass is 16.5. The van der Waals surface area contributed by atoms with Crippen molar-refractivity contribution in [3.63, 3.8) is 0 Å². The van der Waals surface area contributed by atoms with Crippen molar-refractivity contribution in [2.75, 3.05) is 20.2 Å². The summed E-state index contributed by atoms with van der Waals surface area (Å²) in [6, 6.07) is 9.39. The van der Waals surface area contributed by atoms with Crippen LogP contribution in [0.15, 0.2) is 36.5 Å². The predicted molar refractivity (Wildman–Crippen MR) is 97.2 cm³/mol. The number of carbonyl (C=O) groups excluding carboxylic acids is 1. The second kappa shape index (κ2) is 8.51. The van der Waals surface area contributed by atoms with E-state index in [0.717, 1.165) is 24.2 Å². The normalized spacial score (nSPS) is 14.8. The minimum atomic E-state index is -0.0443. The molecule has 3 rings (SSSR count). The summed E-state index contributed by atoms with van der Waals surface area (Å²) in [5.41, 5.74) is 1.04. The van der Waals surface area contributed by atoms with Crippen molar-refractivity contribution >= 4 is 6.03 Å². The molecule has 2 aromatic rings. The van der Waals surface area contributed by atoms with Gasteiger partial charge in [-0.1, -0.05) is 12.1 Å². The van der Waals surface area contributed by atoms with E-state index in [4.69, 9.17) is 9.47 Å². The molecule has 1 saturated heterocycles. The quantitative estimate of drug-likeness (QED) is 0.891. The van der Waals surface area contributed by atoms with Gasteiger partial charge in [0.1, 0.15) is 17.7 Å². The summed E-state index contributed by atoms with van der Waals surface area (Å²) in [7, 11) is 1.63. The van der Waals surface area contributed by atoms with Crippen LogP contribution < -0.4 is 14.8 Å². The lowest BCUT2D eigenvalue weighted by Gasteiger charge is -2.32. The first-order valence-electron chi connectivity index (χ1n) is 8.76. The number of aryl methyl sites for hydroxylation is 1. The first kappa shape index (κ1) is 18.0. The van der Waals surface area contributed by atoms with Crippen LogP contribution in [0.25, 0.3) is 0 Å². The SMILES string of the molecule is COc1ccc(CNC(=O)N2CCC(Oc3ccnc(C)n3)CC2)cc1. The van der Waals surface area contributed by atoms with Crippen molar-refractivity contribution in [2.24, 2.45) is 0 Å². The Morgan fingerprint density at radius 1 is 1.23 bits per heavy atom. The Hall–Kier alpha value is -2.83. The molecule has 0 atom stereocenters. The minimum absolute atomic E-state index is 0.0443. The van der Waals surface area contributed by atoms with Crippen LogP contribution >= 0.6 is 0 Å². The van der Waals surface area contributed by atoms with Gasteiger partial charge in [0.2, 0.25) is 5.88 Å². The average Bonchev–Trinajstić information content (AvgIpc) is 2.67. The fourth-order valence-electron chi connectivity index (χ4n) is 2.88. The van der Waals surface area contributed by atoms with Crippen molar-refractivity contribution in [2.45, 2.75) is 32.4 Å². The van der Waals surface area contributed by atoms with E-state index in [2.05, 4.69) is 15.3 Å². The Bertz CT molecular complexity index is 728. The fraction of sp³-hybridized carbons (Fsp3) is 0.421. The van der Waals surface area contributed by atoms with Crippen molar-refractivity contribution in [3.05, 3.63) is 47.9 Å². The minimum Gasteiger partial charge on any atom is -0.497 e. The Balaban J connectivity index is 1.42. The summed E-state index contributed by atoms with van der Waals surface area (Å²) in [5, 5.41) is 2.96. The Kier molecular flexibility index (Phi) is 5.88. The fourth-order valence-corrected chi connectivity index (χ4v) is 2.88. The van der Waals surface area contributed by atoms with Crippen molar-refractivity contribution in [1.82, 2.24) is 20.2 Å². The largest absolute Gasteiger partial charge is 0.497 e. The number of aromatic nitrogens is 2. The molecular formula is C19H24N4O3. The third-order valence-corrected chi connectivity index (χ3v) is 4.37. The summed E-state index contributed by atoms with van der Waals surface area (Å²) in [5.74, 6) is 2.10. The molecule has 26 heavy (non-hydrogen) atoms. The van der Waals surface area contributed by atoms with E-state index < -0.39 is 0 Å². The molecule has 7 nitrogen and oxygen atoms in total. The molecule has 138 valence electrons. The first-order valence-corrected chi connectivity index (χ1v) is 8.76. The number of ether oxygens (including phenoxy) is 2. The van der Waals surface area contributed by atoms with Crippen LogP contribution in [0.3, 0.4) is 0 Å². The number of nitrogens with one attached hydrogen (secondary N) is 1. The maximum absolute atomic E-state index is 12.3.